The van der Waals surface area contributed by atoms with E-state index in [9.17, 15) is 14.3 Å². The lowest BCUT2D eigenvalue weighted by Gasteiger charge is -2.13. The summed E-state index contributed by atoms with van der Waals surface area (Å²) in [7, 11) is 0. The molecular formula is C17H16ClFO2. The predicted octanol–water partition coefficient (Wildman–Crippen LogP) is 4.27. The number of aryl methyl sites for hydroxylation is 1. The molecule has 0 aliphatic rings. The molecule has 0 aliphatic heterocycles. The molecule has 21 heavy (non-hydrogen) atoms. The highest BCUT2D eigenvalue weighted by atomic mass is 35.5. The second kappa shape index (κ2) is 6.72. The monoisotopic (exact) mass is 306 g/mol. The molecule has 1 atom stereocenters. The van der Waals surface area contributed by atoms with Gasteiger partial charge in [-0.1, -0.05) is 47.5 Å². The highest BCUT2D eigenvalue weighted by molar-refractivity contribution is 6.30. The zero-order chi connectivity index (χ0) is 15.4. The first-order valence-electron chi connectivity index (χ1n) is 6.68. The Kier molecular flexibility index (Phi) is 4.97. The molecule has 2 rings (SSSR count). The molecule has 0 fully saturated rings. The average Bonchev–Trinajstić information content (AvgIpc) is 2.43. The minimum absolute atomic E-state index is 0.145. The van der Waals surface area contributed by atoms with Gasteiger partial charge >= 0.3 is 5.97 Å². The Bertz CT molecular complexity index is 638. The molecule has 0 amide bonds. The summed E-state index contributed by atoms with van der Waals surface area (Å²) in [6.45, 7) is 1.97. The first-order chi connectivity index (χ1) is 9.95. The molecule has 0 heterocycles. The first kappa shape index (κ1) is 15.5. The molecule has 2 nitrogen and oxygen atoms in total. The maximum atomic E-state index is 13.8. The van der Waals surface area contributed by atoms with Gasteiger partial charge in [0.2, 0.25) is 0 Å². The Balaban J connectivity index is 2.15. The van der Waals surface area contributed by atoms with Crippen molar-refractivity contribution in [1.82, 2.24) is 0 Å². The van der Waals surface area contributed by atoms with Crippen molar-refractivity contribution in [2.75, 3.05) is 0 Å². The van der Waals surface area contributed by atoms with Crippen LogP contribution in [0.25, 0.3) is 0 Å². The Labute approximate surface area is 128 Å². The Morgan fingerprint density at radius 3 is 2.43 bits per heavy atom. The van der Waals surface area contributed by atoms with Gasteiger partial charge in [0.25, 0.3) is 0 Å². The highest BCUT2D eigenvalue weighted by Gasteiger charge is 2.20. The van der Waals surface area contributed by atoms with E-state index in [1.165, 1.54) is 6.07 Å². The lowest BCUT2D eigenvalue weighted by atomic mass is 9.92. The van der Waals surface area contributed by atoms with Crippen molar-refractivity contribution in [3.63, 3.8) is 0 Å². The van der Waals surface area contributed by atoms with E-state index in [0.717, 1.165) is 11.1 Å². The van der Waals surface area contributed by atoms with E-state index in [2.05, 4.69) is 0 Å². The van der Waals surface area contributed by atoms with Gasteiger partial charge in [0.05, 0.1) is 5.92 Å². The summed E-state index contributed by atoms with van der Waals surface area (Å²) >= 11 is 5.70. The van der Waals surface area contributed by atoms with E-state index in [1.807, 2.05) is 31.2 Å². The van der Waals surface area contributed by atoms with Crippen LogP contribution in [0.4, 0.5) is 4.39 Å². The summed E-state index contributed by atoms with van der Waals surface area (Å²) in [5, 5.41) is 9.65. The fourth-order valence-corrected chi connectivity index (χ4v) is 2.37. The zero-order valence-corrected chi connectivity index (χ0v) is 12.4. The van der Waals surface area contributed by atoms with E-state index < -0.39 is 17.7 Å². The molecule has 2 aromatic carbocycles. The van der Waals surface area contributed by atoms with Crippen molar-refractivity contribution < 1.29 is 14.3 Å². The van der Waals surface area contributed by atoms with Gasteiger partial charge < -0.3 is 5.11 Å². The van der Waals surface area contributed by atoms with E-state index >= 15 is 0 Å². The fraction of sp³-hybridized carbons (Fsp3) is 0.235. The van der Waals surface area contributed by atoms with E-state index in [1.54, 1.807) is 12.1 Å². The van der Waals surface area contributed by atoms with E-state index in [-0.39, 0.29) is 6.42 Å². The molecule has 0 spiro atoms. The number of carbonyl (C=O) groups is 1. The smallest absolute Gasteiger partial charge is 0.307 e. The maximum absolute atomic E-state index is 13.8. The third-order valence-electron chi connectivity index (χ3n) is 3.43. The van der Waals surface area contributed by atoms with Crippen LogP contribution in [0.5, 0.6) is 0 Å². The van der Waals surface area contributed by atoms with Gasteiger partial charge in [0.1, 0.15) is 5.82 Å². The number of halogens is 2. The average molecular weight is 307 g/mol. The normalized spacial score (nSPS) is 12.1. The van der Waals surface area contributed by atoms with E-state index in [0.29, 0.717) is 17.0 Å². The van der Waals surface area contributed by atoms with E-state index in [4.69, 9.17) is 11.6 Å². The highest BCUT2D eigenvalue weighted by Crippen LogP contribution is 2.20. The third kappa shape index (κ3) is 4.30. The number of hydrogen-bond donors (Lipinski definition) is 1. The van der Waals surface area contributed by atoms with Crippen LogP contribution in [-0.4, -0.2) is 11.1 Å². The van der Waals surface area contributed by atoms with Crippen LogP contribution < -0.4 is 0 Å². The molecule has 0 bridgehead atoms. The van der Waals surface area contributed by atoms with Gasteiger partial charge in [-0.25, -0.2) is 4.39 Å². The summed E-state index contributed by atoms with van der Waals surface area (Å²) in [4.78, 5) is 11.4. The number of aliphatic carboxylic acids is 1. The number of hydrogen-bond acceptors (Lipinski definition) is 1. The largest absolute Gasteiger partial charge is 0.481 e. The van der Waals surface area contributed by atoms with Gasteiger partial charge in [0, 0.05) is 5.02 Å². The molecule has 0 aliphatic carbocycles. The van der Waals surface area contributed by atoms with Crippen molar-refractivity contribution in [3.05, 3.63) is 70.0 Å². The molecule has 0 saturated heterocycles. The summed E-state index contributed by atoms with van der Waals surface area (Å²) in [5.74, 6) is -2.05. The quantitative estimate of drug-likeness (QED) is 0.895. The molecule has 0 saturated carbocycles. The standard InChI is InChI=1S/C17H16ClFO2/c1-11-2-4-12(5-3-11)8-14(17(20)21)9-13-6-7-15(18)10-16(13)19/h2-7,10,14H,8-9H2,1H3,(H,20,21). The van der Waals surface area contributed by atoms with Crippen LogP contribution in [-0.2, 0) is 17.6 Å². The topological polar surface area (TPSA) is 37.3 Å². The predicted molar refractivity (Wildman–Crippen MR) is 81.1 cm³/mol. The Morgan fingerprint density at radius 2 is 1.86 bits per heavy atom. The SMILES string of the molecule is Cc1ccc(CC(Cc2ccc(Cl)cc2F)C(=O)O)cc1. The van der Waals surface area contributed by atoms with Crippen LogP contribution in [0.3, 0.4) is 0 Å². The molecule has 0 radical (unpaired) electrons. The third-order valence-corrected chi connectivity index (χ3v) is 3.67. The second-order valence-corrected chi connectivity index (χ2v) is 5.60. The number of carboxylic acids is 1. The van der Waals surface area contributed by atoms with Crippen LogP contribution >= 0.6 is 11.6 Å². The van der Waals surface area contributed by atoms with Gasteiger partial charge in [0.15, 0.2) is 0 Å². The lowest BCUT2D eigenvalue weighted by molar-refractivity contribution is -0.141. The van der Waals surface area contributed by atoms with Crippen molar-refractivity contribution in [1.29, 1.82) is 0 Å². The molecule has 110 valence electrons. The minimum atomic E-state index is -0.926. The Morgan fingerprint density at radius 1 is 1.19 bits per heavy atom. The van der Waals surface area contributed by atoms with Crippen molar-refractivity contribution >= 4 is 17.6 Å². The summed E-state index contributed by atoms with van der Waals surface area (Å²) in [5.41, 5.74) is 2.43. The Hall–Kier alpha value is -1.87. The zero-order valence-electron chi connectivity index (χ0n) is 11.6. The van der Waals surface area contributed by atoms with Gasteiger partial charge in [-0.15, -0.1) is 0 Å². The number of benzene rings is 2. The lowest BCUT2D eigenvalue weighted by Crippen LogP contribution is -2.19. The van der Waals surface area contributed by atoms with Gasteiger partial charge in [-0.3, -0.25) is 4.79 Å². The minimum Gasteiger partial charge on any atom is -0.481 e. The molecule has 4 heteroatoms. The van der Waals surface area contributed by atoms with Crippen LogP contribution in [0.1, 0.15) is 16.7 Å². The number of carboxylic acid groups (broad SMARTS) is 1. The molecular weight excluding hydrogens is 291 g/mol. The van der Waals surface area contributed by atoms with Crippen molar-refractivity contribution in [2.45, 2.75) is 19.8 Å². The molecule has 0 aromatic heterocycles. The molecule has 1 N–H and O–H groups in total. The molecule has 2 aromatic rings. The maximum Gasteiger partial charge on any atom is 0.307 e. The fourth-order valence-electron chi connectivity index (χ4n) is 2.21. The molecule has 1 unspecified atom stereocenters. The van der Waals surface area contributed by atoms with Gasteiger partial charge in [-0.2, -0.15) is 0 Å². The first-order valence-corrected chi connectivity index (χ1v) is 7.06. The summed E-state index contributed by atoms with van der Waals surface area (Å²) in [6, 6.07) is 12.0. The van der Waals surface area contributed by atoms with Gasteiger partial charge in [-0.05, 0) is 43.0 Å². The van der Waals surface area contributed by atoms with Crippen LogP contribution in [0.15, 0.2) is 42.5 Å². The van der Waals surface area contributed by atoms with Crippen molar-refractivity contribution in [2.24, 2.45) is 5.92 Å². The van der Waals surface area contributed by atoms with Crippen molar-refractivity contribution in [3.8, 4) is 0 Å². The van der Waals surface area contributed by atoms with Crippen LogP contribution in [0, 0.1) is 18.7 Å². The number of rotatable bonds is 5. The summed E-state index contributed by atoms with van der Waals surface area (Å²) in [6.07, 6.45) is 0.518. The van der Waals surface area contributed by atoms with Crippen LogP contribution in [0.2, 0.25) is 5.02 Å². The summed E-state index contributed by atoms with van der Waals surface area (Å²) < 4.78 is 13.8. The second-order valence-electron chi connectivity index (χ2n) is 5.16.